The van der Waals surface area contributed by atoms with E-state index in [1.165, 1.54) is 49.0 Å². The van der Waals surface area contributed by atoms with Gasteiger partial charge in [0.1, 0.15) is 34.5 Å². The van der Waals surface area contributed by atoms with Crippen LogP contribution in [0.5, 0.6) is 17.2 Å². The first-order valence-corrected chi connectivity index (χ1v) is 20.9. The zero-order valence-corrected chi connectivity index (χ0v) is 34.6. The molecule has 0 spiro atoms. The number of fused-ring (bicyclic) bond motifs is 6. The molecule has 0 unspecified atom stereocenters. The molecule has 0 saturated heterocycles. The lowest BCUT2D eigenvalue weighted by molar-refractivity contribution is 0.442. The van der Waals surface area contributed by atoms with Gasteiger partial charge in [-0.3, -0.25) is 0 Å². The summed E-state index contributed by atoms with van der Waals surface area (Å²) in [6.45, 7) is 11.6. The van der Waals surface area contributed by atoms with Gasteiger partial charge in [0, 0.05) is 16.7 Å². The zero-order chi connectivity index (χ0) is 42.7. The van der Waals surface area contributed by atoms with Crippen LogP contribution in [0, 0.1) is 0 Å². The fourth-order valence-electron chi connectivity index (χ4n) is 8.29. The molecule has 0 radical (unpaired) electrons. The second-order valence-corrected chi connectivity index (χ2v) is 15.5. The summed E-state index contributed by atoms with van der Waals surface area (Å²) in [6.07, 6.45) is 11.8. The lowest BCUT2D eigenvalue weighted by Crippen LogP contribution is -1.98. The topological polar surface area (TPSA) is 27.7 Å². The van der Waals surface area contributed by atoms with Gasteiger partial charge in [0.2, 0.25) is 0 Å². The normalized spacial score (nSPS) is 13.0. The minimum atomic E-state index is 0.674. The highest BCUT2D eigenvalue weighted by molar-refractivity contribution is 6.12. The van der Waals surface area contributed by atoms with Crippen molar-refractivity contribution in [1.82, 2.24) is 0 Å². The van der Waals surface area contributed by atoms with Crippen molar-refractivity contribution < 1.29 is 14.2 Å². The van der Waals surface area contributed by atoms with E-state index < -0.39 is 0 Å². The molecule has 12 rings (SSSR count). The Balaban J connectivity index is 0.000000114. The van der Waals surface area contributed by atoms with Gasteiger partial charge < -0.3 is 14.2 Å². The molecular formula is C60H42O3. The number of ether oxygens (including phenoxy) is 3. The molecular weight excluding hydrogens is 769 g/mol. The Bertz CT molecular complexity index is 3310. The highest BCUT2D eigenvalue weighted by Crippen LogP contribution is 2.40. The van der Waals surface area contributed by atoms with Crippen molar-refractivity contribution in [2.45, 2.75) is 0 Å². The molecule has 63 heavy (non-hydrogen) atoms. The highest BCUT2D eigenvalue weighted by atomic mass is 16.5. The number of hydrogen-bond donors (Lipinski definition) is 0. The third kappa shape index (κ3) is 8.12. The summed E-state index contributed by atoms with van der Waals surface area (Å²) >= 11 is 0. The quantitative estimate of drug-likeness (QED) is 0.166. The van der Waals surface area contributed by atoms with Gasteiger partial charge in [-0.2, -0.15) is 0 Å². The van der Waals surface area contributed by atoms with E-state index in [9.17, 15) is 0 Å². The predicted molar refractivity (Wildman–Crippen MR) is 265 cm³/mol. The largest absolute Gasteiger partial charge is 0.457 e. The Morgan fingerprint density at radius 3 is 1.29 bits per heavy atom. The Labute approximate surface area is 367 Å². The van der Waals surface area contributed by atoms with E-state index in [0.717, 1.165) is 50.6 Å². The van der Waals surface area contributed by atoms with Gasteiger partial charge in [-0.25, -0.2) is 0 Å². The Morgan fingerprint density at radius 2 is 0.714 bits per heavy atom. The minimum absolute atomic E-state index is 0.674. The van der Waals surface area contributed by atoms with Gasteiger partial charge in [-0.1, -0.05) is 177 Å². The first kappa shape index (κ1) is 38.8. The summed E-state index contributed by atoms with van der Waals surface area (Å²) in [7, 11) is 0. The average Bonchev–Trinajstić information content (AvgIpc) is 3.33. The van der Waals surface area contributed by atoms with Crippen LogP contribution < -0.4 is 14.2 Å². The van der Waals surface area contributed by atoms with Crippen LogP contribution in [0.4, 0.5) is 0 Å². The SMILES string of the molecule is C=C1C=Cc2ccc(-c3c4ccccc4cc4ccccc34)cc2O1.C=C1C=Cc2ccc(-c3cccc4ccccc34)cc2O1.C=C1C=Cc2ccc(-c3ccccc3)cc2O1. The van der Waals surface area contributed by atoms with Crippen molar-refractivity contribution in [3.8, 4) is 50.6 Å². The smallest absolute Gasteiger partial charge is 0.135 e. The standard InChI is InChI=1S/C24H16O.C20H14O.C16H12O/c1-16-10-11-17-12-13-20(15-23(17)25-16)24-21-8-4-2-6-18(21)14-19-7-3-5-9-22(19)24;1-14-9-10-16-11-12-17(13-20(16)21-14)19-8-4-6-15-5-2-3-7-18(15)19;1-12-7-8-14-9-10-15(11-16(14)17-12)13-5-3-2-4-6-13/h2-15H,1H2;2-13H,1H2;2-11H,1H2. The summed E-state index contributed by atoms with van der Waals surface area (Å²) < 4.78 is 17.2. The lowest BCUT2D eigenvalue weighted by Gasteiger charge is -2.17. The van der Waals surface area contributed by atoms with Crippen LogP contribution in [-0.2, 0) is 0 Å². The summed E-state index contributed by atoms with van der Waals surface area (Å²) in [5.74, 6) is 4.64. The van der Waals surface area contributed by atoms with Gasteiger partial charge in [0.15, 0.2) is 0 Å². The van der Waals surface area contributed by atoms with Gasteiger partial charge in [-0.05, 0) is 126 Å². The lowest BCUT2D eigenvalue weighted by atomic mass is 9.91. The zero-order valence-electron chi connectivity index (χ0n) is 34.6. The van der Waals surface area contributed by atoms with Crippen LogP contribution in [0.1, 0.15) is 16.7 Å². The van der Waals surface area contributed by atoms with Crippen molar-refractivity contribution in [3.05, 3.63) is 254 Å². The van der Waals surface area contributed by atoms with E-state index in [1.807, 2.05) is 54.7 Å². The molecule has 0 aromatic heterocycles. The van der Waals surface area contributed by atoms with Crippen molar-refractivity contribution in [2.24, 2.45) is 0 Å². The molecule has 3 nitrogen and oxygen atoms in total. The van der Waals surface area contributed by atoms with Crippen LogP contribution in [0.2, 0.25) is 0 Å². The molecule has 0 bridgehead atoms. The van der Waals surface area contributed by atoms with Crippen molar-refractivity contribution >= 4 is 50.5 Å². The first-order chi connectivity index (χ1) is 30.9. The van der Waals surface area contributed by atoms with Crippen LogP contribution in [0.3, 0.4) is 0 Å². The summed E-state index contributed by atoms with van der Waals surface area (Å²) in [5, 5.41) is 7.51. The summed E-state index contributed by atoms with van der Waals surface area (Å²) in [6, 6.07) is 63.4. The maximum Gasteiger partial charge on any atom is 0.135 e. The Hall–Kier alpha value is -8.40. The molecule has 0 N–H and O–H groups in total. The van der Waals surface area contributed by atoms with Gasteiger partial charge in [0.05, 0.1) is 0 Å². The average molecular weight is 811 g/mol. The maximum absolute atomic E-state index is 5.84. The van der Waals surface area contributed by atoms with Gasteiger partial charge in [-0.15, -0.1) is 0 Å². The van der Waals surface area contributed by atoms with E-state index >= 15 is 0 Å². The fourth-order valence-corrected chi connectivity index (χ4v) is 8.29. The monoisotopic (exact) mass is 810 g/mol. The predicted octanol–water partition coefficient (Wildman–Crippen LogP) is 16.3. The van der Waals surface area contributed by atoms with Gasteiger partial charge >= 0.3 is 0 Å². The molecule has 300 valence electrons. The highest BCUT2D eigenvalue weighted by Gasteiger charge is 2.15. The summed E-state index contributed by atoms with van der Waals surface area (Å²) in [4.78, 5) is 0. The molecule has 0 saturated carbocycles. The molecule has 3 heterocycles. The van der Waals surface area contributed by atoms with E-state index in [1.54, 1.807) is 0 Å². The van der Waals surface area contributed by atoms with Crippen molar-refractivity contribution in [1.29, 1.82) is 0 Å². The maximum atomic E-state index is 5.84. The minimum Gasteiger partial charge on any atom is -0.457 e. The van der Waals surface area contributed by atoms with E-state index in [4.69, 9.17) is 14.2 Å². The van der Waals surface area contributed by atoms with E-state index in [0.29, 0.717) is 17.3 Å². The number of benzene rings is 9. The Morgan fingerprint density at radius 1 is 0.286 bits per heavy atom. The molecule has 3 heteroatoms. The number of rotatable bonds is 3. The molecule has 3 aliphatic heterocycles. The van der Waals surface area contributed by atoms with Crippen LogP contribution >= 0.6 is 0 Å². The molecule has 0 aliphatic carbocycles. The third-order valence-corrected chi connectivity index (χ3v) is 11.4. The van der Waals surface area contributed by atoms with E-state index in [2.05, 4.69) is 184 Å². The Kier molecular flexibility index (Phi) is 10.4. The second kappa shape index (κ2) is 16.9. The molecule has 0 fully saturated rings. The van der Waals surface area contributed by atoms with Gasteiger partial charge in [0.25, 0.3) is 0 Å². The second-order valence-electron chi connectivity index (χ2n) is 15.5. The third-order valence-electron chi connectivity index (χ3n) is 11.4. The molecule has 3 aliphatic rings. The van der Waals surface area contributed by atoms with Crippen LogP contribution in [0.25, 0.3) is 83.9 Å². The van der Waals surface area contributed by atoms with Crippen molar-refractivity contribution in [3.63, 3.8) is 0 Å². The number of allylic oxidation sites excluding steroid dienone is 3. The number of hydrogen-bond acceptors (Lipinski definition) is 3. The molecule has 0 atom stereocenters. The van der Waals surface area contributed by atoms with E-state index in [-0.39, 0.29) is 0 Å². The van der Waals surface area contributed by atoms with Crippen molar-refractivity contribution in [2.75, 3.05) is 0 Å². The summed E-state index contributed by atoms with van der Waals surface area (Å²) in [5.41, 5.74) is 10.4. The molecule has 9 aromatic rings. The first-order valence-electron chi connectivity index (χ1n) is 20.9. The fraction of sp³-hybridized carbons (Fsp3) is 0. The molecule has 0 amide bonds. The van der Waals surface area contributed by atoms with Crippen LogP contribution in [-0.4, -0.2) is 0 Å². The van der Waals surface area contributed by atoms with Crippen LogP contribution in [0.15, 0.2) is 237 Å². The molecule has 9 aromatic carbocycles.